The molecule has 1 unspecified atom stereocenters. The number of piperidine rings is 1. The molecule has 1 fully saturated rings. The number of fused-ring (bicyclic) bond motifs is 1. The first-order valence-electron chi connectivity index (χ1n) is 7.72. The van der Waals surface area contributed by atoms with Gasteiger partial charge in [-0.3, -0.25) is 9.88 Å². The van der Waals surface area contributed by atoms with Crippen molar-refractivity contribution in [2.45, 2.75) is 25.8 Å². The molecule has 1 aromatic carbocycles. The fourth-order valence-electron chi connectivity index (χ4n) is 3.33. The van der Waals surface area contributed by atoms with Crippen LogP contribution < -0.4 is 5.73 Å². The molecule has 0 radical (unpaired) electrons. The van der Waals surface area contributed by atoms with Gasteiger partial charge < -0.3 is 5.73 Å². The Morgan fingerprint density at radius 1 is 1.32 bits per heavy atom. The molecule has 1 atom stereocenters. The van der Waals surface area contributed by atoms with Crippen LogP contribution in [0.5, 0.6) is 0 Å². The summed E-state index contributed by atoms with van der Waals surface area (Å²) in [4.78, 5) is 7.06. The van der Waals surface area contributed by atoms with Gasteiger partial charge in [-0.2, -0.15) is 0 Å². The van der Waals surface area contributed by atoms with Crippen molar-refractivity contribution in [3.63, 3.8) is 0 Å². The van der Waals surface area contributed by atoms with Crippen LogP contribution in [0.25, 0.3) is 10.9 Å². The van der Waals surface area contributed by atoms with Gasteiger partial charge in [-0.05, 0) is 62.0 Å². The third-order valence-electron chi connectivity index (χ3n) is 4.37. The summed E-state index contributed by atoms with van der Waals surface area (Å²) in [6.45, 7) is 4.06. The molecule has 0 amide bonds. The molecule has 0 spiro atoms. The second-order valence-electron chi connectivity index (χ2n) is 5.93. The lowest BCUT2D eigenvalue weighted by Crippen LogP contribution is -2.35. The minimum absolute atomic E-state index is 0. The van der Waals surface area contributed by atoms with E-state index in [1.165, 1.54) is 18.4 Å². The third-order valence-corrected chi connectivity index (χ3v) is 4.70. The molecule has 120 valence electrons. The Balaban J connectivity index is 0.00000176. The van der Waals surface area contributed by atoms with Crippen molar-refractivity contribution in [2.24, 2.45) is 11.7 Å². The predicted molar refractivity (Wildman–Crippen MR) is 95.7 cm³/mol. The number of rotatable bonds is 4. The molecule has 0 aliphatic carbocycles. The van der Waals surface area contributed by atoms with Gasteiger partial charge in [-0.1, -0.05) is 17.7 Å². The van der Waals surface area contributed by atoms with Gasteiger partial charge in [0.25, 0.3) is 0 Å². The van der Waals surface area contributed by atoms with Crippen molar-refractivity contribution in [1.82, 2.24) is 9.88 Å². The molecule has 5 heteroatoms. The highest BCUT2D eigenvalue weighted by Gasteiger charge is 2.20. The summed E-state index contributed by atoms with van der Waals surface area (Å²) in [6, 6.07) is 8.09. The lowest BCUT2D eigenvalue weighted by atomic mass is 9.94. The van der Waals surface area contributed by atoms with Crippen LogP contribution in [0.15, 0.2) is 30.5 Å². The molecule has 1 aliphatic rings. The molecule has 3 rings (SSSR count). The number of hydrogen-bond donors (Lipinski definition) is 1. The maximum atomic E-state index is 6.27. The monoisotopic (exact) mass is 339 g/mol. The van der Waals surface area contributed by atoms with Gasteiger partial charge in [0.2, 0.25) is 0 Å². The number of pyridine rings is 1. The summed E-state index contributed by atoms with van der Waals surface area (Å²) in [7, 11) is 0. The average molecular weight is 340 g/mol. The van der Waals surface area contributed by atoms with Crippen molar-refractivity contribution in [2.75, 3.05) is 19.6 Å². The van der Waals surface area contributed by atoms with Crippen molar-refractivity contribution < 1.29 is 0 Å². The van der Waals surface area contributed by atoms with Gasteiger partial charge in [0.15, 0.2) is 0 Å². The fraction of sp³-hybridized carbons (Fsp3) is 0.471. The summed E-state index contributed by atoms with van der Waals surface area (Å²) in [5, 5.41) is 1.83. The third kappa shape index (κ3) is 3.90. The predicted octanol–water partition coefficient (Wildman–Crippen LogP) is 3.87. The summed E-state index contributed by atoms with van der Waals surface area (Å²) in [6.07, 6.45) is 5.56. The molecule has 0 saturated carbocycles. The van der Waals surface area contributed by atoms with Gasteiger partial charge in [0.05, 0.1) is 5.52 Å². The highest BCUT2D eigenvalue weighted by atomic mass is 35.5. The standard InChI is InChI=1S/C17H22ClN3.ClH/c18-16-6-5-14(17-15(16)4-1-9-20-17)12-21-10-2-3-13(11-21)7-8-19;/h1,4-6,9,13H,2-3,7-8,10-12,19H2;1H. The molecule has 2 N–H and O–H groups in total. The van der Waals surface area contributed by atoms with Crippen LogP contribution >= 0.6 is 24.0 Å². The lowest BCUT2D eigenvalue weighted by molar-refractivity contribution is 0.163. The number of likely N-dealkylation sites (tertiary alicyclic amines) is 1. The molecule has 2 aromatic rings. The average Bonchev–Trinajstić information content (AvgIpc) is 2.51. The number of halogens is 2. The van der Waals surface area contributed by atoms with Gasteiger partial charge in [-0.25, -0.2) is 0 Å². The molecule has 3 nitrogen and oxygen atoms in total. The van der Waals surface area contributed by atoms with E-state index in [1.807, 2.05) is 24.4 Å². The SMILES string of the molecule is Cl.NCCC1CCCN(Cc2ccc(Cl)c3cccnc23)C1. The normalized spacial score (nSPS) is 19.1. The molecular weight excluding hydrogens is 317 g/mol. The molecule has 0 bridgehead atoms. The molecule has 2 heterocycles. The van der Waals surface area contributed by atoms with Gasteiger partial charge in [-0.15, -0.1) is 12.4 Å². The number of nitrogens with two attached hydrogens (primary N) is 1. The van der Waals surface area contributed by atoms with Gasteiger partial charge >= 0.3 is 0 Å². The second-order valence-corrected chi connectivity index (χ2v) is 6.33. The minimum atomic E-state index is 0. The topological polar surface area (TPSA) is 42.1 Å². The van der Waals surface area contributed by atoms with E-state index in [-0.39, 0.29) is 12.4 Å². The van der Waals surface area contributed by atoms with E-state index in [2.05, 4.69) is 16.0 Å². The maximum absolute atomic E-state index is 6.27. The van der Waals surface area contributed by atoms with Gasteiger partial charge in [0, 0.05) is 29.7 Å². The lowest BCUT2D eigenvalue weighted by Gasteiger charge is -2.32. The highest BCUT2D eigenvalue weighted by molar-refractivity contribution is 6.35. The van der Waals surface area contributed by atoms with E-state index in [9.17, 15) is 0 Å². The van der Waals surface area contributed by atoms with E-state index in [1.54, 1.807) is 0 Å². The van der Waals surface area contributed by atoms with Crippen molar-refractivity contribution in [3.8, 4) is 0 Å². The Morgan fingerprint density at radius 2 is 2.18 bits per heavy atom. The second kappa shape index (κ2) is 8.11. The van der Waals surface area contributed by atoms with Crippen molar-refractivity contribution >= 4 is 34.9 Å². The molecule has 1 saturated heterocycles. The molecule has 1 aromatic heterocycles. The van der Waals surface area contributed by atoms with Crippen molar-refractivity contribution in [3.05, 3.63) is 41.0 Å². The van der Waals surface area contributed by atoms with Crippen LogP contribution in [-0.2, 0) is 6.54 Å². The zero-order valence-electron chi connectivity index (χ0n) is 12.7. The maximum Gasteiger partial charge on any atom is 0.0761 e. The van der Waals surface area contributed by atoms with Gasteiger partial charge in [0.1, 0.15) is 0 Å². The molecule has 22 heavy (non-hydrogen) atoms. The molecule has 1 aliphatic heterocycles. The van der Waals surface area contributed by atoms with Crippen LogP contribution in [-0.4, -0.2) is 29.5 Å². The zero-order chi connectivity index (χ0) is 14.7. The fourth-order valence-corrected chi connectivity index (χ4v) is 3.55. The number of aromatic nitrogens is 1. The summed E-state index contributed by atoms with van der Waals surface area (Å²) < 4.78 is 0. The van der Waals surface area contributed by atoms with Crippen LogP contribution in [0.1, 0.15) is 24.8 Å². The Hall–Kier alpha value is -0.870. The first-order chi connectivity index (χ1) is 10.3. The summed E-state index contributed by atoms with van der Waals surface area (Å²) in [5.74, 6) is 0.746. The van der Waals surface area contributed by atoms with E-state index < -0.39 is 0 Å². The number of nitrogens with zero attached hydrogens (tertiary/aromatic N) is 2. The zero-order valence-corrected chi connectivity index (χ0v) is 14.2. The van der Waals surface area contributed by atoms with Crippen LogP contribution in [0.4, 0.5) is 0 Å². The minimum Gasteiger partial charge on any atom is -0.330 e. The van der Waals surface area contributed by atoms with E-state index in [0.29, 0.717) is 0 Å². The Morgan fingerprint density at radius 3 is 3.00 bits per heavy atom. The summed E-state index contributed by atoms with van der Waals surface area (Å²) in [5.41, 5.74) is 8.01. The van der Waals surface area contributed by atoms with Crippen LogP contribution in [0.2, 0.25) is 5.02 Å². The van der Waals surface area contributed by atoms with Crippen LogP contribution in [0, 0.1) is 5.92 Å². The highest BCUT2D eigenvalue weighted by Crippen LogP contribution is 2.27. The quantitative estimate of drug-likeness (QED) is 0.919. The van der Waals surface area contributed by atoms with E-state index in [4.69, 9.17) is 17.3 Å². The number of hydrogen-bond acceptors (Lipinski definition) is 3. The van der Waals surface area contributed by atoms with E-state index in [0.717, 1.165) is 54.4 Å². The number of benzene rings is 1. The Kier molecular flexibility index (Phi) is 6.45. The Bertz CT molecular complexity index is 616. The van der Waals surface area contributed by atoms with E-state index >= 15 is 0 Å². The smallest absolute Gasteiger partial charge is 0.0761 e. The summed E-state index contributed by atoms with van der Waals surface area (Å²) >= 11 is 6.27. The van der Waals surface area contributed by atoms with Crippen LogP contribution in [0.3, 0.4) is 0 Å². The van der Waals surface area contributed by atoms with Crippen molar-refractivity contribution in [1.29, 1.82) is 0 Å². The first kappa shape index (κ1) is 17.5. The largest absolute Gasteiger partial charge is 0.330 e. The Labute approximate surface area is 143 Å². The first-order valence-corrected chi connectivity index (χ1v) is 8.10. The molecular formula is C17H23Cl2N3.